The maximum atomic E-state index is 13.5. The lowest BCUT2D eigenvalue weighted by atomic mass is 9.86. The van der Waals surface area contributed by atoms with Gasteiger partial charge in [-0.15, -0.1) is 0 Å². The lowest BCUT2D eigenvalue weighted by Crippen LogP contribution is -2.50. The van der Waals surface area contributed by atoms with E-state index in [0.29, 0.717) is 55.0 Å². The Kier molecular flexibility index (Phi) is 10.2. The van der Waals surface area contributed by atoms with Gasteiger partial charge < -0.3 is 29.3 Å². The third-order valence-corrected chi connectivity index (χ3v) is 7.79. The Labute approximate surface area is 276 Å². The van der Waals surface area contributed by atoms with Crippen molar-refractivity contribution in [2.24, 2.45) is 0 Å². The van der Waals surface area contributed by atoms with Crippen LogP contribution in [0.5, 0.6) is 17.4 Å². The number of benzene rings is 2. The van der Waals surface area contributed by atoms with Crippen LogP contribution >= 0.6 is 0 Å². The van der Waals surface area contributed by atoms with Gasteiger partial charge in [-0.25, -0.2) is 18.2 Å². The van der Waals surface area contributed by atoms with E-state index in [9.17, 15) is 18.0 Å². The summed E-state index contributed by atoms with van der Waals surface area (Å²) in [4.78, 5) is 38.6. The number of ether oxygens (including phenoxy) is 3. The maximum absolute atomic E-state index is 13.5. The molecule has 0 unspecified atom stereocenters. The number of rotatable bonds is 8. The highest BCUT2D eigenvalue weighted by molar-refractivity contribution is 7.92. The van der Waals surface area contributed by atoms with Crippen molar-refractivity contribution in [3.05, 3.63) is 59.3 Å². The average molecular weight is 669 g/mol. The van der Waals surface area contributed by atoms with E-state index in [0.717, 1.165) is 17.4 Å². The van der Waals surface area contributed by atoms with Gasteiger partial charge in [0.05, 0.1) is 24.7 Å². The molecule has 14 heteroatoms. The van der Waals surface area contributed by atoms with Crippen LogP contribution < -0.4 is 24.4 Å². The van der Waals surface area contributed by atoms with Gasteiger partial charge in [-0.1, -0.05) is 26.8 Å². The van der Waals surface area contributed by atoms with E-state index in [1.807, 2.05) is 53.4 Å². The summed E-state index contributed by atoms with van der Waals surface area (Å²) in [6.07, 6.45) is 2.30. The highest BCUT2D eigenvalue weighted by Crippen LogP contribution is 2.39. The molecular formula is C33H44N6O7S. The molecule has 2 N–H and O–H groups in total. The van der Waals surface area contributed by atoms with Crippen LogP contribution in [0.2, 0.25) is 0 Å². The SMILES string of the molecule is COc1c(NC(=O)c2ccc(C)c(Oc3ccnc(N4CCN(C(=O)OC(C)(C)C)CC4)n3)c2)cc(C(C)(C)C)cc1NS(C)(=O)=O. The molecule has 2 aromatic carbocycles. The van der Waals surface area contributed by atoms with Gasteiger partial charge in [0, 0.05) is 44.0 Å². The van der Waals surface area contributed by atoms with Gasteiger partial charge >= 0.3 is 6.09 Å². The van der Waals surface area contributed by atoms with Gasteiger partial charge in [-0.05, 0) is 68.5 Å². The largest absolute Gasteiger partial charge is 0.492 e. The zero-order chi connectivity index (χ0) is 34.7. The Hall–Kier alpha value is -4.59. The number of amides is 2. The highest BCUT2D eigenvalue weighted by Gasteiger charge is 2.27. The summed E-state index contributed by atoms with van der Waals surface area (Å²) in [5, 5.41) is 2.88. The van der Waals surface area contributed by atoms with Crippen molar-refractivity contribution < 1.29 is 32.2 Å². The number of carbonyl (C=O) groups excluding carboxylic acids is 2. The topological polar surface area (TPSA) is 152 Å². The molecule has 1 fully saturated rings. The van der Waals surface area contributed by atoms with E-state index in [-0.39, 0.29) is 22.9 Å². The fraction of sp³-hybridized carbons (Fsp3) is 0.455. The first-order valence-corrected chi connectivity index (χ1v) is 17.1. The highest BCUT2D eigenvalue weighted by atomic mass is 32.2. The van der Waals surface area contributed by atoms with Gasteiger partial charge in [-0.3, -0.25) is 9.52 Å². The Morgan fingerprint density at radius 1 is 0.936 bits per heavy atom. The first kappa shape index (κ1) is 35.3. The molecule has 4 rings (SSSR count). The normalized spacial score (nSPS) is 14.0. The Bertz CT molecular complexity index is 1740. The van der Waals surface area contributed by atoms with E-state index in [2.05, 4.69) is 20.0 Å². The van der Waals surface area contributed by atoms with E-state index in [1.165, 1.54) is 7.11 Å². The van der Waals surface area contributed by atoms with Crippen molar-refractivity contribution in [2.45, 2.75) is 59.5 Å². The fourth-order valence-corrected chi connectivity index (χ4v) is 5.32. The lowest BCUT2D eigenvalue weighted by Gasteiger charge is -2.35. The second-order valence-electron chi connectivity index (χ2n) is 13.4. The summed E-state index contributed by atoms with van der Waals surface area (Å²) >= 11 is 0. The minimum atomic E-state index is -3.63. The monoisotopic (exact) mass is 668 g/mol. The number of piperazine rings is 1. The van der Waals surface area contributed by atoms with Gasteiger partial charge in [0.15, 0.2) is 5.75 Å². The van der Waals surface area contributed by atoms with Gasteiger partial charge in [0.25, 0.3) is 5.91 Å². The Balaban J connectivity index is 1.52. The summed E-state index contributed by atoms with van der Waals surface area (Å²) in [6.45, 7) is 15.3. The van der Waals surface area contributed by atoms with Crippen LogP contribution in [-0.4, -0.2) is 80.4 Å². The number of aryl methyl sites for hydroxylation is 1. The summed E-state index contributed by atoms with van der Waals surface area (Å²) in [6, 6.07) is 10.1. The predicted octanol–water partition coefficient (Wildman–Crippen LogP) is 5.56. The van der Waals surface area contributed by atoms with E-state index < -0.39 is 21.5 Å². The van der Waals surface area contributed by atoms with Crippen molar-refractivity contribution in [2.75, 3.05) is 54.5 Å². The molecule has 13 nitrogen and oxygen atoms in total. The average Bonchev–Trinajstić information content (AvgIpc) is 2.96. The number of sulfonamides is 1. The minimum Gasteiger partial charge on any atom is -0.492 e. The molecule has 1 aromatic heterocycles. The van der Waals surface area contributed by atoms with Crippen molar-refractivity contribution in [1.82, 2.24) is 14.9 Å². The van der Waals surface area contributed by atoms with E-state index >= 15 is 0 Å². The van der Waals surface area contributed by atoms with Crippen molar-refractivity contribution >= 4 is 39.3 Å². The minimum absolute atomic E-state index is 0.181. The van der Waals surface area contributed by atoms with Crippen LogP contribution in [0, 0.1) is 6.92 Å². The van der Waals surface area contributed by atoms with Crippen LogP contribution in [0.3, 0.4) is 0 Å². The summed E-state index contributed by atoms with van der Waals surface area (Å²) < 4.78 is 43.8. The zero-order valence-electron chi connectivity index (χ0n) is 28.4. The number of nitrogens with zero attached hydrogens (tertiary/aromatic N) is 4. The van der Waals surface area contributed by atoms with Crippen LogP contribution in [-0.2, 0) is 20.2 Å². The van der Waals surface area contributed by atoms with Crippen LogP contribution in [0.15, 0.2) is 42.6 Å². The molecule has 47 heavy (non-hydrogen) atoms. The smallest absolute Gasteiger partial charge is 0.410 e. The van der Waals surface area contributed by atoms with E-state index in [4.69, 9.17) is 14.2 Å². The Morgan fingerprint density at radius 3 is 2.19 bits per heavy atom. The molecule has 3 aromatic rings. The van der Waals surface area contributed by atoms with Crippen molar-refractivity contribution in [3.8, 4) is 17.4 Å². The lowest BCUT2D eigenvalue weighted by molar-refractivity contribution is 0.0240. The third kappa shape index (κ3) is 9.47. The number of carbonyl (C=O) groups is 2. The molecule has 1 saturated heterocycles. The molecule has 254 valence electrons. The molecule has 1 aliphatic heterocycles. The molecule has 1 aliphatic rings. The van der Waals surface area contributed by atoms with Crippen molar-refractivity contribution in [1.29, 1.82) is 0 Å². The van der Waals surface area contributed by atoms with Crippen molar-refractivity contribution in [3.63, 3.8) is 0 Å². The number of aromatic nitrogens is 2. The number of anilines is 3. The standard InChI is InChI=1S/C33H44N6O7S/c1-21-10-11-22(29(40)35-24-19-23(32(2,3)4)20-25(28(24)44-8)37-47(9,42)43)18-26(21)45-27-12-13-34-30(36-27)38-14-16-39(17-15-38)31(41)46-33(5,6)7/h10-13,18-20,37H,14-17H2,1-9H3,(H,35,40). The number of hydrogen-bond acceptors (Lipinski definition) is 10. The quantitative estimate of drug-likeness (QED) is 0.312. The zero-order valence-corrected chi connectivity index (χ0v) is 29.2. The second-order valence-corrected chi connectivity index (χ2v) is 15.2. The van der Waals surface area contributed by atoms with Gasteiger partial charge in [-0.2, -0.15) is 4.98 Å². The van der Waals surface area contributed by atoms with Gasteiger partial charge in [0.2, 0.25) is 21.9 Å². The third-order valence-electron chi connectivity index (χ3n) is 7.20. The van der Waals surface area contributed by atoms with Crippen LogP contribution in [0.1, 0.15) is 63.0 Å². The van der Waals surface area contributed by atoms with Crippen LogP contribution in [0.25, 0.3) is 0 Å². The molecule has 0 bridgehead atoms. The molecule has 0 radical (unpaired) electrons. The number of hydrogen-bond donors (Lipinski definition) is 2. The summed E-state index contributed by atoms with van der Waals surface area (Å²) in [7, 11) is -2.22. The molecule has 2 heterocycles. The van der Waals surface area contributed by atoms with E-state index in [1.54, 1.807) is 47.5 Å². The molecular weight excluding hydrogens is 624 g/mol. The predicted molar refractivity (Wildman–Crippen MR) is 181 cm³/mol. The fourth-order valence-electron chi connectivity index (χ4n) is 4.77. The summed E-state index contributed by atoms with van der Waals surface area (Å²) in [5.41, 5.74) is 1.48. The Morgan fingerprint density at radius 2 is 1.60 bits per heavy atom. The molecule has 0 aliphatic carbocycles. The molecule has 2 amide bonds. The molecule has 0 saturated carbocycles. The first-order chi connectivity index (χ1) is 21.8. The molecule has 0 spiro atoms. The van der Waals surface area contributed by atoms with Crippen LogP contribution in [0.4, 0.5) is 22.1 Å². The first-order valence-electron chi connectivity index (χ1n) is 15.2. The number of methoxy groups -OCH3 is 1. The van der Waals surface area contributed by atoms with Gasteiger partial charge in [0.1, 0.15) is 11.4 Å². The maximum Gasteiger partial charge on any atom is 0.410 e. The second kappa shape index (κ2) is 13.6. The number of nitrogens with one attached hydrogen (secondary N) is 2. The summed E-state index contributed by atoms with van der Waals surface area (Å²) in [5.74, 6) is 0.909. The molecule has 0 atom stereocenters.